The topological polar surface area (TPSA) is 49.7 Å². The van der Waals surface area contributed by atoms with Crippen LogP contribution in [0, 0.1) is 0 Å². The molecule has 0 aromatic carbocycles. The highest BCUT2D eigenvalue weighted by atomic mass is 127. The predicted molar refractivity (Wildman–Crippen MR) is 41.3 cm³/mol. The summed E-state index contributed by atoms with van der Waals surface area (Å²) in [6.07, 6.45) is 3.06. The van der Waals surface area contributed by atoms with Gasteiger partial charge < -0.3 is 5.11 Å². The van der Waals surface area contributed by atoms with Crippen LogP contribution in [0.25, 0.3) is 0 Å². The SMILES string of the molecule is O=C(O)C1=CI=NC=C1. The highest BCUT2D eigenvalue weighted by Gasteiger charge is 2.02. The fraction of sp³-hybridized carbons (Fsp3) is 0. The second-order valence-electron chi connectivity index (χ2n) is 1.38. The van der Waals surface area contributed by atoms with Crippen molar-refractivity contribution in [3.8, 4) is 0 Å². The molecule has 0 saturated carbocycles. The van der Waals surface area contributed by atoms with E-state index in [1.165, 1.54) is 6.08 Å². The van der Waals surface area contributed by atoms with E-state index in [0.717, 1.165) is 0 Å². The smallest absolute Gasteiger partial charge is 0.336 e. The fourth-order valence-corrected chi connectivity index (χ4v) is 1.66. The van der Waals surface area contributed by atoms with Gasteiger partial charge in [-0.25, -0.2) is 7.94 Å². The minimum absolute atomic E-state index is 0.364. The molecule has 0 spiro atoms. The third-order valence-electron chi connectivity index (χ3n) is 0.780. The quantitative estimate of drug-likeness (QED) is 0.704. The molecular weight excluding hydrogens is 233 g/mol. The lowest BCUT2D eigenvalue weighted by molar-refractivity contribution is -0.132. The van der Waals surface area contributed by atoms with Crippen molar-refractivity contribution in [3.05, 3.63) is 21.9 Å². The first-order valence-electron chi connectivity index (χ1n) is 2.23. The van der Waals surface area contributed by atoms with Crippen LogP contribution in [0.2, 0.25) is 0 Å². The van der Waals surface area contributed by atoms with E-state index < -0.39 is 5.97 Å². The monoisotopic (exact) mass is 237 g/mol. The molecule has 9 heavy (non-hydrogen) atoms. The molecule has 48 valence electrons. The number of rotatable bonds is 1. The van der Waals surface area contributed by atoms with E-state index in [1.807, 2.05) is 0 Å². The fourth-order valence-electron chi connectivity index (χ4n) is 0.376. The Morgan fingerprint density at radius 1 is 1.78 bits per heavy atom. The molecule has 3 nitrogen and oxygen atoms in total. The minimum Gasteiger partial charge on any atom is -0.478 e. The molecule has 0 amide bonds. The van der Waals surface area contributed by atoms with Gasteiger partial charge in [-0.05, 0) is 6.08 Å². The third kappa shape index (κ3) is 1.70. The van der Waals surface area contributed by atoms with Crippen LogP contribution in [0.3, 0.4) is 0 Å². The lowest BCUT2D eigenvalue weighted by atomic mass is 10.3. The van der Waals surface area contributed by atoms with E-state index in [4.69, 9.17) is 5.11 Å². The highest BCUT2D eigenvalue weighted by molar-refractivity contribution is 14.2. The summed E-state index contributed by atoms with van der Waals surface area (Å²) in [6, 6.07) is 0. The van der Waals surface area contributed by atoms with Gasteiger partial charge in [-0.15, -0.1) is 0 Å². The highest BCUT2D eigenvalue weighted by Crippen LogP contribution is 2.14. The Morgan fingerprint density at radius 2 is 2.56 bits per heavy atom. The Kier molecular flexibility index (Phi) is 2.10. The molecule has 0 aromatic heterocycles. The zero-order chi connectivity index (χ0) is 6.69. The molecule has 0 aromatic rings. The number of nitrogens with zero attached hydrogens (tertiary/aromatic N) is 1. The van der Waals surface area contributed by atoms with Crippen LogP contribution < -0.4 is 0 Å². The average Bonchev–Trinajstić information content (AvgIpc) is 1.90. The van der Waals surface area contributed by atoms with Crippen LogP contribution in [0.5, 0.6) is 0 Å². The molecule has 1 N–H and O–H groups in total. The van der Waals surface area contributed by atoms with Gasteiger partial charge in [0.15, 0.2) is 0 Å². The van der Waals surface area contributed by atoms with Crippen molar-refractivity contribution >= 4 is 27.0 Å². The molecule has 0 bridgehead atoms. The molecule has 1 rings (SSSR count). The van der Waals surface area contributed by atoms with Crippen molar-refractivity contribution in [1.29, 1.82) is 0 Å². The van der Waals surface area contributed by atoms with Crippen molar-refractivity contribution < 1.29 is 9.90 Å². The van der Waals surface area contributed by atoms with Crippen LogP contribution in [-0.4, -0.2) is 11.1 Å². The van der Waals surface area contributed by atoms with Gasteiger partial charge in [0.1, 0.15) is 0 Å². The molecule has 0 atom stereocenters. The first-order valence-corrected chi connectivity index (χ1v) is 4.44. The summed E-state index contributed by atoms with van der Waals surface area (Å²) in [6.45, 7) is 0. The van der Waals surface area contributed by atoms with Gasteiger partial charge in [0.2, 0.25) is 0 Å². The van der Waals surface area contributed by atoms with Gasteiger partial charge in [0.05, 0.1) is 5.57 Å². The number of aliphatic carboxylic acids is 1. The van der Waals surface area contributed by atoms with Crippen molar-refractivity contribution in [2.45, 2.75) is 0 Å². The molecule has 1 aliphatic heterocycles. The Hall–Kier alpha value is -0.520. The Balaban J connectivity index is 2.84. The molecule has 1 aliphatic rings. The van der Waals surface area contributed by atoms with E-state index in [1.54, 1.807) is 10.3 Å². The van der Waals surface area contributed by atoms with Gasteiger partial charge in [-0.1, -0.05) is 0 Å². The standard InChI is InChI=1S/C5H4INO2/c8-5(9)4-1-2-7-6-3-4/h1-3H,(H,8,9). The molecule has 0 aliphatic carbocycles. The summed E-state index contributed by atoms with van der Waals surface area (Å²) >= 11 is -0.364. The van der Waals surface area contributed by atoms with Crippen LogP contribution in [0.15, 0.2) is 25.1 Å². The van der Waals surface area contributed by atoms with Crippen molar-refractivity contribution in [2.24, 2.45) is 3.15 Å². The minimum atomic E-state index is -0.860. The lowest BCUT2D eigenvalue weighted by Gasteiger charge is -1.92. The Labute approximate surface area is 62.2 Å². The van der Waals surface area contributed by atoms with Crippen LogP contribution >= 0.6 is 21.0 Å². The maximum absolute atomic E-state index is 10.2. The summed E-state index contributed by atoms with van der Waals surface area (Å²) in [7, 11) is 0. The summed E-state index contributed by atoms with van der Waals surface area (Å²) < 4.78 is 5.58. The maximum Gasteiger partial charge on any atom is 0.336 e. The summed E-state index contributed by atoms with van der Waals surface area (Å²) in [5.74, 6) is -0.860. The van der Waals surface area contributed by atoms with E-state index in [-0.39, 0.29) is 21.0 Å². The second-order valence-corrected chi connectivity index (χ2v) is 3.12. The predicted octanol–water partition coefficient (Wildman–Crippen LogP) is 1.64. The molecule has 1 heterocycles. The van der Waals surface area contributed by atoms with Crippen molar-refractivity contribution in [3.63, 3.8) is 0 Å². The van der Waals surface area contributed by atoms with E-state index in [9.17, 15) is 4.79 Å². The average molecular weight is 237 g/mol. The van der Waals surface area contributed by atoms with E-state index in [0.29, 0.717) is 5.57 Å². The Bertz CT molecular complexity index is 217. The number of carbonyl (C=O) groups is 1. The number of carboxylic acids is 1. The second kappa shape index (κ2) is 2.86. The molecule has 4 heteroatoms. The zero-order valence-corrected chi connectivity index (χ0v) is 6.57. The number of hydrogen-bond acceptors (Lipinski definition) is 2. The lowest BCUT2D eigenvalue weighted by Crippen LogP contribution is -1.96. The Morgan fingerprint density at radius 3 is 2.89 bits per heavy atom. The van der Waals surface area contributed by atoms with Crippen LogP contribution in [-0.2, 0) is 4.79 Å². The molecular formula is C5H4INO2. The van der Waals surface area contributed by atoms with E-state index >= 15 is 0 Å². The van der Waals surface area contributed by atoms with Gasteiger partial charge in [-0.2, -0.15) is 0 Å². The first kappa shape index (κ1) is 6.60. The molecule has 0 radical (unpaired) electrons. The number of halogens is 1. The van der Waals surface area contributed by atoms with Gasteiger partial charge in [0.25, 0.3) is 0 Å². The van der Waals surface area contributed by atoms with Gasteiger partial charge in [0, 0.05) is 31.3 Å². The molecule has 0 saturated heterocycles. The molecule has 0 fully saturated rings. The molecule has 0 unspecified atom stereocenters. The summed E-state index contributed by atoms with van der Waals surface area (Å²) in [4.78, 5) is 10.2. The van der Waals surface area contributed by atoms with Crippen LogP contribution in [0.4, 0.5) is 0 Å². The van der Waals surface area contributed by atoms with E-state index in [2.05, 4.69) is 3.15 Å². The maximum atomic E-state index is 10.2. The summed E-state index contributed by atoms with van der Waals surface area (Å²) in [5.41, 5.74) is 0.373. The normalized spacial score (nSPS) is 16.2. The van der Waals surface area contributed by atoms with Gasteiger partial charge in [-0.3, -0.25) is 0 Å². The number of hydrogen-bond donors (Lipinski definition) is 1. The largest absolute Gasteiger partial charge is 0.478 e. The zero-order valence-electron chi connectivity index (χ0n) is 4.41. The third-order valence-corrected chi connectivity index (χ3v) is 2.37. The van der Waals surface area contributed by atoms with Crippen LogP contribution in [0.1, 0.15) is 0 Å². The summed E-state index contributed by atoms with van der Waals surface area (Å²) in [5, 5.41) is 8.39. The van der Waals surface area contributed by atoms with Crippen molar-refractivity contribution in [1.82, 2.24) is 0 Å². The van der Waals surface area contributed by atoms with Crippen molar-refractivity contribution in [2.75, 3.05) is 0 Å². The van der Waals surface area contributed by atoms with Gasteiger partial charge >= 0.3 is 5.97 Å². The number of carboxylic acid groups (broad SMARTS) is 1. The first-order chi connectivity index (χ1) is 4.30.